The van der Waals surface area contributed by atoms with Crippen molar-refractivity contribution >= 4 is 22.0 Å². The van der Waals surface area contributed by atoms with Gasteiger partial charge in [0.15, 0.2) is 0 Å². The highest BCUT2D eigenvalue weighted by molar-refractivity contribution is 7.99. The number of amides is 2. The highest BCUT2D eigenvalue weighted by Gasteiger charge is 2.30. The number of carbonyl (C=O) groups excluding carboxylic acids is 1. The number of hydrogen-bond acceptors (Lipinski definition) is 3. The molecule has 0 radical (unpaired) electrons. The molecule has 0 saturated heterocycles. The molecule has 2 aromatic carbocycles. The first-order chi connectivity index (χ1) is 14.5. The Morgan fingerprint density at radius 3 is 2.13 bits per heavy atom. The normalized spacial score (nSPS) is 16.1. The van der Waals surface area contributed by atoms with Gasteiger partial charge >= 0.3 is 6.03 Å². The van der Waals surface area contributed by atoms with E-state index < -0.39 is 27.8 Å². The number of aliphatic hydroxyl groups is 1. The first-order valence-corrected chi connectivity index (χ1v) is 12.1. The monoisotopic (exact) mass is 451 g/mol. The Labute approximate surface area is 180 Å². The maximum absolute atomic E-state index is 14.8. The number of thiol groups is 1. The van der Waals surface area contributed by atoms with E-state index in [1.54, 1.807) is 0 Å². The average Bonchev–Trinajstić information content (AvgIpc) is 3.33. The molecule has 0 fully saturated rings. The van der Waals surface area contributed by atoms with Gasteiger partial charge in [-0.05, 0) is 98.4 Å². The van der Waals surface area contributed by atoms with E-state index >= 15 is 0 Å². The molecule has 2 aliphatic carbocycles. The number of carbonyl (C=O) groups is 1. The summed E-state index contributed by atoms with van der Waals surface area (Å²) in [7, 11) is -4.00. The van der Waals surface area contributed by atoms with Crippen molar-refractivity contribution in [2.75, 3.05) is 5.32 Å². The Hall–Kier alpha value is -2.36. The standard InChI is InChI=1S/C22H27F2N3O3S/c1-22(2,29)12-9-13(23)11-14(10-12)31(25,30)27-21(28)26-20-17-7-3-5-15(17)19(24)16-6-4-8-18(16)20/h9-11,29,31H,3-8H2,1-2H3,(H4,25,26,27,28,30). The number of rotatable bonds is 4. The second kappa shape index (κ2) is 7.65. The number of hydrogen-bond donors (Lipinski definition) is 5. The van der Waals surface area contributed by atoms with Crippen LogP contribution in [0.1, 0.15) is 54.5 Å². The van der Waals surface area contributed by atoms with Crippen molar-refractivity contribution in [1.82, 2.24) is 4.72 Å². The van der Waals surface area contributed by atoms with E-state index in [0.29, 0.717) is 42.5 Å². The zero-order valence-corrected chi connectivity index (χ0v) is 18.4. The van der Waals surface area contributed by atoms with Crippen LogP contribution in [-0.2, 0) is 41.6 Å². The van der Waals surface area contributed by atoms with Gasteiger partial charge in [-0.15, -0.1) is 0 Å². The summed E-state index contributed by atoms with van der Waals surface area (Å²) in [5.41, 5.74) is 2.25. The van der Waals surface area contributed by atoms with Crippen molar-refractivity contribution in [2.45, 2.75) is 62.9 Å². The third kappa shape index (κ3) is 4.09. The molecule has 0 bridgehead atoms. The van der Waals surface area contributed by atoms with Gasteiger partial charge in [0, 0.05) is 20.9 Å². The van der Waals surface area contributed by atoms with Crippen LogP contribution in [0.5, 0.6) is 0 Å². The van der Waals surface area contributed by atoms with E-state index in [2.05, 4.69) is 10.0 Å². The highest BCUT2D eigenvalue weighted by atomic mass is 32.3. The largest absolute Gasteiger partial charge is 0.386 e. The first-order valence-electron chi connectivity index (χ1n) is 10.3. The summed E-state index contributed by atoms with van der Waals surface area (Å²) < 4.78 is 44.2. The van der Waals surface area contributed by atoms with Crippen molar-refractivity contribution < 1.29 is 22.9 Å². The fourth-order valence-electron chi connectivity index (χ4n) is 4.51. The second-order valence-corrected chi connectivity index (χ2v) is 10.8. The molecule has 4 rings (SSSR count). The van der Waals surface area contributed by atoms with Crippen LogP contribution in [0.25, 0.3) is 0 Å². The lowest BCUT2D eigenvalue weighted by Gasteiger charge is -2.25. The third-order valence-electron chi connectivity index (χ3n) is 6.05. The van der Waals surface area contributed by atoms with Crippen molar-refractivity contribution in [3.63, 3.8) is 0 Å². The Morgan fingerprint density at radius 1 is 1.03 bits per heavy atom. The molecular weight excluding hydrogens is 424 g/mol. The van der Waals surface area contributed by atoms with Gasteiger partial charge < -0.3 is 10.4 Å². The molecule has 5 N–H and O–H groups in total. The third-order valence-corrected chi connectivity index (χ3v) is 7.61. The van der Waals surface area contributed by atoms with Crippen LogP contribution in [0, 0.1) is 11.6 Å². The molecular formula is C22H27F2N3O3S. The number of nitrogens with two attached hydrogens (primary N) is 1. The van der Waals surface area contributed by atoms with Crippen molar-refractivity contribution in [3.8, 4) is 0 Å². The lowest BCUT2D eigenvalue weighted by Crippen LogP contribution is -2.45. The summed E-state index contributed by atoms with van der Waals surface area (Å²) in [5, 5.41) is 18.8. The van der Waals surface area contributed by atoms with Gasteiger partial charge in [-0.1, -0.05) is 0 Å². The molecule has 9 heteroatoms. The molecule has 6 nitrogen and oxygen atoms in total. The van der Waals surface area contributed by atoms with Crippen LogP contribution >= 0.6 is 0 Å². The number of anilines is 1. The summed E-state index contributed by atoms with van der Waals surface area (Å²) in [5.74, 6) is -0.883. The van der Waals surface area contributed by atoms with Crippen LogP contribution < -0.4 is 15.2 Å². The topological polar surface area (TPSA) is 104 Å². The predicted octanol–water partition coefficient (Wildman–Crippen LogP) is 3.16. The number of fused-ring (bicyclic) bond motifs is 2. The fourth-order valence-corrected chi connectivity index (χ4v) is 5.65. The summed E-state index contributed by atoms with van der Waals surface area (Å²) in [4.78, 5) is 12.6. The van der Waals surface area contributed by atoms with Crippen LogP contribution in [0.15, 0.2) is 23.1 Å². The van der Waals surface area contributed by atoms with Crippen LogP contribution in [0.2, 0.25) is 0 Å². The molecule has 2 aromatic rings. The lowest BCUT2D eigenvalue weighted by molar-refractivity contribution is 0.0780. The molecule has 0 unspecified atom stereocenters. The molecule has 2 amide bonds. The van der Waals surface area contributed by atoms with Gasteiger partial charge in [-0.25, -0.2) is 17.8 Å². The number of halogens is 2. The van der Waals surface area contributed by atoms with Gasteiger partial charge in [0.05, 0.1) is 5.60 Å². The first kappa shape index (κ1) is 21.9. The minimum absolute atomic E-state index is 0.116. The molecule has 31 heavy (non-hydrogen) atoms. The zero-order chi connectivity index (χ0) is 22.6. The van der Waals surface area contributed by atoms with Crippen molar-refractivity contribution in [1.29, 1.82) is 0 Å². The molecule has 0 atom stereocenters. The van der Waals surface area contributed by atoms with Gasteiger partial charge in [-0.3, -0.25) is 9.86 Å². The minimum atomic E-state index is -4.00. The fraction of sp³-hybridized carbons (Fsp3) is 0.409. The minimum Gasteiger partial charge on any atom is -0.386 e. The van der Waals surface area contributed by atoms with Crippen LogP contribution in [0.3, 0.4) is 0 Å². The van der Waals surface area contributed by atoms with Gasteiger partial charge in [0.25, 0.3) is 0 Å². The van der Waals surface area contributed by atoms with Gasteiger partial charge in [0.2, 0.25) is 0 Å². The molecule has 2 aliphatic rings. The number of nitrogens with one attached hydrogen (secondary N) is 2. The van der Waals surface area contributed by atoms with Gasteiger partial charge in [0.1, 0.15) is 11.6 Å². The van der Waals surface area contributed by atoms with Gasteiger partial charge in [-0.2, -0.15) is 0 Å². The molecule has 0 spiro atoms. The predicted molar refractivity (Wildman–Crippen MR) is 116 cm³/mol. The molecule has 0 aliphatic heterocycles. The quantitative estimate of drug-likeness (QED) is 0.461. The SMILES string of the molecule is CC(C)(O)c1cc(F)cc([SH](N)(=O)NC(=O)Nc2c3c(c(F)c4c2CCC4)CCC3)c1. The Morgan fingerprint density at radius 2 is 1.58 bits per heavy atom. The molecule has 0 aromatic heterocycles. The second-order valence-electron chi connectivity index (χ2n) is 8.79. The Kier molecular flexibility index (Phi) is 5.39. The van der Waals surface area contributed by atoms with E-state index in [0.717, 1.165) is 36.1 Å². The average molecular weight is 452 g/mol. The molecule has 168 valence electrons. The summed E-state index contributed by atoms with van der Waals surface area (Å²) in [6, 6.07) is 2.62. The maximum atomic E-state index is 14.8. The van der Waals surface area contributed by atoms with Crippen LogP contribution in [-0.4, -0.2) is 15.3 Å². The van der Waals surface area contributed by atoms with E-state index in [1.165, 1.54) is 19.9 Å². The highest BCUT2D eigenvalue weighted by Crippen LogP contribution is 2.41. The van der Waals surface area contributed by atoms with E-state index in [4.69, 9.17) is 5.14 Å². The zero-order valence-electron chi connectivity index (χ0n) is 17.5. The summed E-state index contributed by atoms with van der Waals surface area (Å²) in [6.45, 7) is 2.92. The Balaban J connectivity index is 1.62. The number of benzene rings is 2. The molecule has 0 saturated carbocycles. The summed E-state index contributed by atoms with van der Waals surface area (Å²) >= 11 is 0. The smallest absolute Gasteiger partial charge is 0.330 e. The van der Waals surface area contributed by atoms with E-state index in [1.807, 2.05) is 0 Å². The van der Waals surface area contributed by atoms with E-state index in [-0.39, 0.29) is 16.3 Å². The Bertz CT molecular complexity index is 1090. The van der Waals surface area contributed by atoms with E-state index in [9.17, 15) is 22.9 Å². The molecule has 0 heterocycles. The summed E-state index contributed by atoms with van der Waals surface area (Å²) in [6.07, 6.45) is 4.20. The lowest BCUT2D eigenvalue weighted by atomic mass is 9.98. The van der Waals surface area contributed by atoms with Crippen molar-refractivity contribution in [2.24, 2.45) is 5.14 Å². The maximum Gasteiger partial charge on any atom is 0.330 e. The number of urea groups is 1. The van der Waals surface area contributed by atoms with Crippen molar-refractivity contribution in [3.05, 3.63) is 57.7 Å². The van der Waals surface area contributed by atoms with Crippen LogP contribution in [0.4, 0.5) is 19.3 Å².